The van der Waals surface area contributed by atoms with E-state index in [-0.39, 0.29) is 11.7 Å². The minimum absolute atomic E-state index is 0.151. The van der Waals surface area contributed by atoms with Crippen LogP contribution in [-0.2, 0) is 0 Å². The molecule has 3 heteroatoms. The van der Waals surface area contributed by atoms with Crippen molar-refractivity contribution in [3.63, 3.8) is 0 Å². The first-order valence-electron chi connectivity index (χ1n) is 4.94. The van der Waals surface area contributed by atoms with Gasteiger partial charge in [0.2, 0.25) is 0 Å². The average molecular weight is 190 g/mol. The van der Waals surface area contributed by atoms with E-state index in [1.807, 2.05) is 13.0 Å². The van der Waals surface area contributed by atoms with Crippen molar-refractivity contribution in [2.75, 3.05) is 13.1 Å². The Morgan fingerprint density at radius 3 is 3.14 bits per heavy atom. The lowest BCUT2D eigenvalue weighted by molar-refractivity contribution is 0.0929. The van der Waals surface area contributed by atoms with Crippen LogP contribution in [0.1, 0.15) is 22.3 Å². The molecule has 0 aliphatic carbocycles. The van der Waals surface area contributed by atoms with Gasteiger partial charge in [-0.2, -0.15) is 0 Å². The van der Waals surface area contributed by atoms with Crippen molar-refractivity contribution < 1.29 is 4.79 Å². The minimum Gasteiger partial charge on any atom is -0.316 e. The standard InChI is InChI=1S/C11H14N2O/c1-8-2-4-13-7-10(8)11(14)9-3-5-12-6-9/h2,4,7,9,12H,3,5-6H2,1H3. The lowest BCUT2D eigenvalue weighted by Gasteiger charge is -2.08. The number of rotatable bonds is 2. The van der Waals surface area contributed by atoms with Gasteiger partial charge in [0.25, 0.3) is 0 Å². The van der Waals surface area contributed by atoms with Crippen LogP contribution in [0.25, 0.3) is 0 Å². The molecule has 1 aliphatic rings. The molecule has 14 heavy (non-hydrogen) atoms. The highest BCUT2D eigenvalue weighted by molar-refractivity contribution is 5.99. The van der Waals surface area contributed by atoms with Gasteiger partial charge in [0, 0.05) is 30.4 Å². The number of aryl methyl sites for hydroxylation is 1. The Kier molecular flexibility index (Phi) is 2.59. The van der Waals surface area contributed by atoms with E-state index in [0.29, 0.717) is 0 Å². The summed E-state index contributed by atoms with van der Waals surface area (Å²) < 4.78 is 0. The lowest BCUT2D eigenvalue weighted by Crippen LogP contribution is -2.18. The first-order chi connectivity index (χ1) is 6.79. The molecule has 1 fully saturated rings. The molecule has 74 valence electrons. The minimum atomic E-state index is 0.151. The van der Waals surface area contributed by atoms with Crippen molar-refractivity contribution in [3.8, 4) is 0 Å². The van der Waals surface area contributed by atoms with Crippen LogP contribution in [0, 0.1) is 12.8 Å². The van der Waals surface area contributed by atoms with Crippen LogP contribution < -0.4 is 5.32 Å². The van der Waals surface area contributed by atoms with Gasteiger partial charge < -0.3 is 5.32 Å². The van der Waals surface area contributed by atoms with E-state index in [0.717, 1.165) is 30.6 Å². The normalized spacial score (nSPS) is 21.1. The molecule has 0 bridgehead atoms. The van der Waals surface area contributed by atoms with Crippen molar-refractivity contribution in [1.82, 2.24) is 10.3 Å². The summed E-state index contributed by atoms with van der Waals surface area (Å²) in [6.45, 7) is 3.72. The van der Waals surface area contributed by atoms with Gasteiger partial charge in [0.05, 0.1) is 0 Å². The molecule has 1 aromatic rings. The molecule has 1 N–H and O–H groups in total. The highest BCUT2D eigenvalue weighted by Gasteiger charge is 2.24. The second kappa shape index (κ2) is 3.88. The topological polar surface area (TPSA) is 42.0 Å². The van der Waals surface area contributed by atoms with Crippen molar-refractivity contribution in [2.45, 2.75) is 13.3 Å². The molecule has 0 aromatic carbocycles. The summed E-state index contributed by atoms with van der Waals surface area (Å²) in [7, 11) is 0. The quantitative estimate of drug-likeness (QED) is 0.712. The molecule has 0 saturated carbocycles. The molecule has 2 rings (SSSR count). The summed E-state index contributed by atoms with van der Waals surface area (Å²) in [4.78, 5) is 16.0. The smallest absolute Gasteiger partial charge is 0.169 e. The zero-order valence-electron chi connectivity index (χ0n) is 8.29. The Balaban J connectivity index is 2.22. The van der Waals surface area contributed by atoms with Crippen LogP contribution >= 0.6 is 0 Å². The summed E-state index contributed by atoms with van der Waals surface area (Å²) >= 11 is 0. The first-order valence-corrected chi connectivity index (χ1v) is 4.94. The van der Waals surface area contributed by atoms with Crippen LogP contribution in [-0.4, -0.2) is 23.9 Å². The highest BCUT2D eigenvalue weighted by atomic mass is 16.1. The number of pyridine rings is 1. The number of carbonyl (C=O) groups is 1. The summed E-state index contributed by atoms with van der Waals surface area (Å²) in [5.74, 6) is 0.387. The number of carbonyl (C=O) groups excluding carboxylic acids is 1. The summed E-state index contributed by atoms with van der Waals surface area (Å²) in [6.07, 6.45) is 4.35. The van der Waals surface area contributed by atoms with Crippen LogP contribution in [0.4, 0.5) is 0 Å². The predicted molar refractivity (Wildman–Crippen MR) is 54.3 cm³/mol. The molecule has 0 spiro atoms. The van der Waals surface area contributed by atoms with Gasteiger partial charge in [-0.05, 0) is 31.5 Å². The maximum Gasteiger partial charge on any atom is 0.169 e. The van der Waals surface area contributed by atoms with Crippen LogP contribution in [0.5, 0.6) is 0 Å². The van der Waals surface area contributed by atoms with Crippen LogP contribution in [0.2, 0.25) is 0 Å². The number of Topliss-reactive ketones (excluding diaryl/α,β-unsaturated/α-hetero) is 1. The molecule has 3 nitrogen and oxygen atoms in total. The van der Waals surface area contributed by atoms with Gasteiger partial charge in [0.15, 0.2) is 5.78 Å². The third kappa shape index (κ3) is 1.68. The third-order valence-electron chi connectivity index (χ3n) is 2.74. The van der Waals surface area contributed by atoms with Gasteiger partial charge in [-0.3, -0.25) is 9.78 Å². The lowest BCUT2D eigenvalue weighted by atomic mass is 9.95. The number of nitrogens with zero attached hydrogens (tertiary/aromatic N) is 1. The van der Waals surface area contributed by atoms with Gasteiger partial charge in [0.1, 0.15) is 0 Å². The van der Waals surface area contributed by atoms with Crippen LogP contribution in [0.15, 0.2) is 18.5 Å². The molecule has 1 saturated heterocycles. The number of hydrogen-bond acceptors (Lipinski definition) is 3. The van der Waals surface area contributed by atoms with E-state index in [1.165, 1.54) is 0 Å². The Morgan fingerprint density at radius 2 is 2.50 bits per heavy atom. The van der Waals surface area contributed by atoms with E-state index >= 15 is 0 Å². The molecular formula is C11H14N2O. The predicted octanol–water partition coefficient (Wildman–Crippen LogP) is 1.18. The summed E-state index contributed by atoms with van der Waals surface area (Å²) in [5.41, 5.74) is 1.80. The van der Waals surface area contributed by atoms with Crippen molar-refractivity contribution >= 4 is 5.78 Å². The van der Waals surface area contributed by atoms with Crippen LogP contribution in [0.3, 0.4) is 0 Å². The fourth-order valence-electron chi connectivity index (χ4n) is 1.82. The number of ketones is 1. The Hall–Kier alpha value is -1.22. The average Bonchev–Trinajstić information content (AvgIpc) is 2.70. The van der Waals surface area contributed by atoms with E-state index in [1.54, 1.807) is 12.4 Å². The molecule has 0 radical (unpaired) electrons. The molecule has 1 unspecified atom stereocenters. The van der Waals surface area contributed by atoms with Gasteiger partial charge in [-0.15, -0.1) is 0 Å². The fourth-order valence-corrected chi connectivity index (χ4v) is 1.82. The number of nitrogens with one attached hydrogen (secondary N) is 1. The molecule has 2 heterocycles. The second-order valence-corrected chi connectivity index (χ2v) is 3.74. The summed E-state index contributed by atoms with van der Waals surface area (Å²) in [5, 5.41) is 3.20. The van der Waals surface area contributed by atoms with Crippen molar-refractivity contribution in [1.29, 1.82) is 0 Å². The summed E-state index contributed by atoms with van der Waals surface area (Å²) in [6, 6.07) is 1.88. The third-order valence-corrected chi connectivity index (χ3v) is 2.74. The Morgan fingerprint density at radius 1 is 1.64 bits per heavy atom. The van der Waals surface area contributed by atoms with E-state index < -0.39 is 0 Å². The SMILES string of the molecule is Cc1ccncc1C(=O)C1CCNC1. The number of aromatic nitrogens is 1. The molecule has 1 aliphatic heterocycles. The largest absolute Gasteiger partial charge is 0.316 e. The maximum absolute atomic E-state index is 12.0. The van der Waals surface area contributed by atoms with Gasteiger partial charge in [-0.1, -0.05) is 0 Å². The fraction of sp³-hybridized carbons (Fsp3) is 0.455. The molecule has 0 amide bonds. The molecular weight excluding hydrogens is 176 g/mol. The van der Waals surface area contributed by atoms with Crippen molar-refractivity contribution in [3.05, 3.63) is 29.6 Å². The van der Waals surface area contributed by atoms with E-state index in [2.05, 4.69) is 10.3 Å². The molecule has 1 atom stereocenters. The number of hydrogen-bond donors (Lipinski definition) is 1. The zero-order valence-corrected chi connectivity index (χ0v) is 8.29. The first kappa shape index (κ1) is 9.34. The van der Waals surface area contributed by atoms with Gasteiger partial charge >= 0.3 is 0 Å². The monoisotopic (exact) mass is 190 g/mol. The highest BCUT2D eigenvalue weighted by Crippen LogP contribution is 2.16. The zero-order chi connectivity index (χ0) is 9.97. The molecule has 1 aromatic heterocycles. The van der Waals surface area contributed by atoms with E-state index in [9.17, 15) is 4.79 Å². The maximum atomic E-state index is 12.0. The van der Waals surface area contributed by atoms with Gasteiger partial charge in [-0.25, -0.2) is 0 Å². The Labute approximate surface area is 83.5 Å². The van der Waals surface area contributed by atoms with E-state index in [4.69, 9.17) is 0 Å². The Bertz CT molecular complexity index is 343. The van der Waals surface area contributed by atoms with Crippen molar-refractivity contribution in [2.24, 2.45) is 5.92 Å². The second-order valence-electron chi connectivity index (χ2n) is 3.74.